The van der Waals surface area contributed by atoms with Gasteiger partial charge in [-0.3, -0.25) is 4.79 Å². The lowest BCUT2D eigenvalue weighted by Crippen LogP contribution is -2.27. The van der Waals surface area contributed by atoms with E-state index in [1.54, 1.807) is 20.8 Å². The zero-order valence-corrected chi connectivity index (χ0v) is 9.26. The number of rotatable bonds is 1. The van der Waals surface area contributed by atoms with E-state index in [1.165, 1.54) is 13.8 Å². The molecule has 4 nitrogen and oxygen atoms in total. The number of primary amides is 1. The molecule has 0 atom stereocenters. The number of carbonyl (C=O) groups is 2. The maximum absolute atomic E-state index is 11.2. The fourth-order valence-electron chi connectivity index (χ4n) is 0.302. The summed E-state index contributed by atoms with van der Waals surface area (Å²) >= 11 is 0. The first-order valence-electron chi connectivity index (χ1n) is 4.24. The van der Waals surface area contributed by atoms with Gasteiger partial charge in [0.25, 0.3) is 0 Å². The molecule has 0 bridgehead atoms. The number of hydrogen-bond acceptors (Lipinski definition) is 3. The fraction of sp³-hybridized carbons (Fsp3) is 0.778. The topological polar surface area (TPSA) is 69.4 Å². The first-order valence-corrected chi connectivity index (χ1v) is 4.24. The predicted octanol–water partition coefficient (Wildman–Crippen LogP) is 2.02. The van der Waals surface area contributed by atoms with E-state index in [9.17, 15) is 14.0 Å². The van der Waals surface area contributed by atoms with Gasteiger partial charge < -0.3 is 10.5 Å². The molecule has 0 aromatic carbocycles. The van der Waals surface area contributed by atoms with Crippen LogP contribution >= 0.6 is 0 Å². The molecule has 0 rings (SSSR count). The minimum Gasteiger partial charge on any atom is -0.444 e. The highest BCUT2D eigenvalue weighted by molar-refractivity contribution is 5.69. The molecule has 0 aromatic heterocycles. The zero-order valence-electron chi connectivity index (χ0n) is 9.26. The number of halogens is 1. The summed E-state index contributed by atoms with van der Waals surface area (Å²) in [6, 6.07) is -1.24. The van der Waals surface area contributed by atoms with Crippen molar-refractivity contribution in [2.24, 2.45) is 11.7 Å². The van der Waals surface area contributed by atoms with Gasteiger partial charge >= 0.3 is 12.1 Å². The van der Waals surface area contributed by atoms with E-state index in [1.807, 2.05) is 0 Å². The third-order valence-electron chi connectivity index (χ3n) is 0.861. The summed E-state index contributed by atoms with van der Waals surface area (Å²) in [4.78, 5) is 19.5. The Labute approximate surface area is 83.6 Å². The number of ether oxygens (including phenoxy) is 1. The second-order valence-corrected chi connectivity index (χ2v) is 3.99. The van der Waals surface area contributed by atoms with Crippen molar-refractivity contribution in [1.82, 2.24) is 0 Å². The van der Waals surface area contributed by atoms with Crippen LogP contribution in [0.3, 0.4) is 0 Å². The quantitative estimate of drug-likeness (QED) is 0.669. The molecule has 0 aliphatic carbocycles. The maximum atomic E-state index is 11.2. The Kier molecular flexibility index (Phi) is 6.95. The molecule has 0 radical (unpaired) electrons. The van der Waals surface area contributed by atoms with Crippen LogP contribution in [0.5, 0.6) is 0 Å². The third kappa shape index (κ3) is 17.1. The van der Waals surface area contributed by atoms with Gasteiger partial charge in [0.1, 0.15) is 5.60 Å². The summed E-state index contributed by atoms with van der Waals surface area (Å²) in [5, 5.41) is 0. The highest BCUT2D eigenvalue weighted by atomic mass is 19.1. The maximum Gasteiger partial charge on any atom is 0.405 e. The lowest BCUT2D eigenvalue weighted by Gasteiger charge is -2.16. The van der Waals surface area contributed by atoms with Crippen molar-refractivity contribution >= 4 is 12.1 Å². The predicted molar refractivity (Wildman–Crippen MR) is 51.4 cm³/mol. The lowest BCUT2D eigenvalue weighted by molar-refractivity contribution is -0.132. The fourth-order valence-corrected chi connectivity index (χ4v) is 0.302. The number of nitrogens with two attached hydrogens (primary N) is 1. The molecule has 1 amide bonds. The molecule has 0 saturated heterocycles. The summed E-state index contributed by atoms with van der Waals surface area (Å²) in [6.45, 7) is 8.32. The molecule has 0 unspecified atom stereocenters. The van der Waals surface area contributed by atoms with Gasteiger partial charge in [0.2, 0.25) is 0 Å². The van der Waals surface area contributed by atoms with Gasteiger partial charge in [-0.2, -0.15) is 4.39 Å². The van der Waals surface area contributed by atoms with Crippen LogP contribution in [0, 0.1) is 5.92 Å². The summed E-state index contributed by atoms with van der Waals surface area (Å²) in [5.41, 5.74) is 4.26. The standard InChI is InChI=1S/C5H11NO2.C4H7FO/c1-5(2,3)8-4(6)7;1-3(2)4(5)6/h1-3H3,(H2,6,7);3H,1-2H3. The van der Waals surface area contributed by atoms with Gasteiger partial charge in [-0.05, 0) is 20.8 Å². The van der Waals surface area contributed by atoms with Gasteiger partial charge in [0, 0.05) is 5.92 Å². The molecule has 0 aliphatic rings. The van der Waals surface area contributed by atoms with E-state index in [2.05, 4.69) is 4.74 Å². The molecule has 0 aliphatic heterocycles. The summed E-state index contributed by atoms with van der Waals surface area (Å²) in [6.07, 6.45) is -0.725. The van der Waals surface area contributed by atoms with Crippen molar-refractivity contribution in [1.29, 1.82) is 0 Å². The summed E-state index contributed by atoms with van der Waals surface area (Å²) in [7, 11) is 0. The van der Waals surface area contributed by atoms with Crippen LogP contribution in [0.15, 0.2) is 0 Å². The van der Waals surface area contributed by atoms with E-state index in [0.717, 1.165) is 0 Å². The monoisotopic (exact) mass is 207 g/mol. The van der Waals surface area contributed by atoms with Gasteiger partial charge in [-0.15, -0.1) is 0 Å². The Balaban J connectivity index is 0. The third-order valence-corrected chi connectivity index (χ3v) is 0.861. The van der Waals surface area contributed by atoms with Gasteiger partial charge in [0.15, 0.2) is 0 Å². The Morgan fingerprint density at radius 3 is 1.57 bits per heavy atom. The number of amides is 1. The SMILES string of the molecule is CC(C)(C)OC(N)=O.CC(C)C(=O)F. The minimum absolute atomic E-state index is 0.453. The van der Waals surface area contributed by atoms with Crippen molar-refractivity contribution in [3.05, 3.63) is 0 Å². The van der Waals surface area contributed by atoms with E-state index in [4.69, 9.17) is 5.73 Å². The molecule has 0 spiro atoms. The first-order chi connectivity index (χ1) is 6.06. The molecule has 0 fully saturated rings. The van der Waals surface area contributed by atoms with Crippen LogP contribution in [-0.4, -0.2) is 17.7 Å². The van der Waals surface area contributed by atoms with Crippen LogP contribution in [0.25, 0.3) is 0 Å². The van der Waals surface area contributed by atoms with Crippen LogP contribution in [-0.2, 0) is 9.53 Å². The van der Waals surface area contributed by atoms with Crippen molar-refractivity contribution < 1.29 is 18.7 Å². The Morgan fingerprint density at radius 1 is 1.29 bits per heavy atom. The second-order valence-electron chi connectivity index (χ2n) is 3.99. The molecule has 0 saturated carbocycles. The van der Waals surface area contributed by atoms with Gasteiger partial charge in [0.05, 0.1) is 0 Å². The second kappa shape index (κ2) is 6.34. The van der Waals surface area contributed by atoms with Crippen molar-refractivity contribution in [2.45, 2.75) is 40.2 Å². The van der Waals surface area contributed by atoms with E-state index in [-0.39, 0.29) is 0 Å². The number of carbonyl (C=O) groups excluding carboxylic acids is 2. The molecule has 14 heavy (non-hydrogen) atoms. The molecular formula is C9H18FNO3. The van der Waals surface area contributed by atoms with E-state index >= 15 is 0 Å². The average molecular weight is 207 g/mol. The zero-order chi connectivity index (χ0) is 11.9. The smallest absolute Gasteiger partial charge is 0.405 e. The Hall–Kier alpha value is -1.13. The molecular weight excluding hydrogens is 189 g/mol. The van der Waals surface area contributed by atoms with Crippen LogP contribution in [0.4, 0.5) is 9.18 Å². The molecule has 0 aromatic rings. The van der Waals surface area contributed by atoms with Gasteiger partial charge in [-0.1, -0.05) is 13.8 Å². The highest BCUT2D eigenvalue weighted by Crippen LogP contribution is 2.04. The highest BCUT2D eigenvalue weighted by Gasteiger charge is 2.12. The van der Waals surface area contributed by atoms with E-state index in [0.29, 0.717) is 0 Å². The van der Waals surface area contributed by atoms with Crippen LogP contribution in [0.1, 0.15) is 34.6 Å². The van der Waals surface area contributed by atoms with Crippen LogP contribution < -0.4 is 5.73 Å². The molecule has 0 heterocycles. The minimum atomic E-state index is -1.24. The number of hydrogen-bond donors (Lipinski definition) is 1. The summed E-state index contributed by atoms with van der Waals surface area (Å²) < 4.78 is 15.8. The van der Waals surface area contributed by atoms with Crippen molar-refractivity contribution in [3.63, 3.8) is 0 Å². The van der Waals surface area contributed by atoms with Crippen molar-refractivity contribution in [2.75, 3.05) is 0 Å². The van der Waals surface area contributed by atoms with Crippen molar-refractivity contribution in [3.8, 4) is 0 Å². The first kappa shape index (κ1) is 15.3. The molecule has 84 valence electrons. The Morgan fingerprint density at radius 2 is 1.57 bits per heavy atom. The average Bonchev–Trinajstić information content (AvgIpc) is 1.81. The normalized spacial score (nSPS) is 10.2. The largest absolute Gasteiger partial charge is 0.444 e. The van der Waals surface area contributed by atoms with Crippen LogP contribution in [0.2, 0.25) is 0 Å². The van der Waals surface area contributed by atoms with E-state index < -0.39 is 23.6 Å². The summed E-state index contributed by atoms with van der Waals surface area (Å²) in [5.74, 6) is -0.454. The Bertz CT molecular complexity index is 197. The van der Waals surface area contributed by atoms with Gasteiger partial charge in [-0.25, -0.2) is 4.79 Å². The molecule has 2 N–H and O–H groups in total. The lowest BCUT2D eigenvalue weighted by atomic mass is 10.2. The molecule has 5 heteroatoms.